The zero-order valence-corrected chi connectivity index (χ0v) is 18.4. The molecule has 0 aromatic carbocycles. The van der Waals surface area contributed by atoms with Gasteiger partial charge in [0.15, 0.2) is 0 Å². The average Bonchev–Trinajstić information content (AvgIpc) is 3.28. The van der Waals surface area contributed by atoms with Crippen molar-refractivity contribution in [1.29, 1.82) is 0 Å². The maximum absolute atomic E-state index is 11.8. The number of rotatable bonds is 4. The number of carbonyl (C=O) groups excluding carboxylic acids is 1. The molecule has 0 spiro atoms. The van der Waals surface area contributed by atoms with Crippen LogP contribution in [0.25, 0.3) is 0 Å². The lowest BCUT2D eigenvalue weighted by Crippen LogP contribution is -2.53. The molecule has 5 aliphatic rings. The second-order valence-electron chi connectivity index (χ2n) is 11.3. The fourth-order valence-electron chi connectivity index (χ4n) is 8.80. The van der Waals surface area contributed by atoms with Crippen LogP contribution in [0, 0.1) is 46.3 Å². The third kappa shape index (κ3) is 3.06. The smallest absolute Gasteiger partial charge is 0.306 e. The average molecular weight is 398 g/mol. The fraction of sp³-hybridized carbons (Fsp3) is 0.808. The molecule has 0 radical (unpaired) electrons. The van der Waals surface area contributed by atoms with Crippen molar-refractivity contribution in [3.63, 3.8) is 0 Å². The third-order valence-electron chi connectivity index (χ3n) is 10.2. The molecule has 29 heavy (non-hydrogen) atoms. The van der Waals surface area contributed by atoms with E-state index in [-0.39, 0.29) is 5.97 Å². The summed E-state index contributed by atoms with van der Waals surface area (Å²) < 4.78 is 5.37. The lowest BCUT2D eigenvalue weighted by atomic mass is 9.45. The maximum Gasteiger partial charge on any atom is 0.306 e. The third-order valence-corrected chi connectivity index (χ3v) is 10.2. The molecular weight excluding hydrogens is 358 g/mol. The molecule has 0 amide bonds. The van der Waals surface area contributed by atoms with Gasteiger partial charge in [-0.25, -0.2) is 0 Å². The van der Waals surface area contributed by atoms with Gasteiger partial charge in [-0.3, -0.25) is 4.79 Å². The number of allylic oxidation sites excluding steroid dienone is 1. The summed E-state index contributed by atoms with van der Waals surface area (Å²) in [7, 11) is 0. The standard InChI is InChI=1S/C26H39NO2/c1-4-13-27-19-9-11-25(2)18(15-19)5-6-20-22-8-7-21(17-14-24(28)29-16-17)26(22,3)12-10-23(20)25/h4,9,11,17-23,27H,1,5-8,10,12-16H2,2-3H3/t17-,18?,19?,20-,21+,22+,23-,25-,26+/m0/s1. The van der Waals surface area contributed by atoms with Gasteiger partial charge in [0.25, 0.3) is 0 Å². The number of ether oxygens (including phenoxy) is 1. The van der Waals surface area contributed by atoms with Crippen LogP contribution in [0.2, 0.25) is 0 Å². The number of hydrogen-bond donors (Lipinski definition) is 1. The summed E-state index contributed by atoms with van der Waals surface area (Å²) in [5.74, 6) is 4.60. The molecular formula is C26H39NO2. The Balaban J connectivity index is 1.35. The summed E-state index contributed by atoms with van der Waals surface area (Å²) in [6.07, 6.45) is 17.2. The van der Waals surface area contributed by atoms with Gasteiger partial charge in [-0.2, -0.15) is 0 Å². The molecule has 1 heterocycles. The van der Waals surface area contributed by atoms with Crippen molar-refractivity contribution in [2.24, 2.45) is 46.3 Å². The summed E-state index contributed by atoms with van der Waals surface area (Å²) in [5, 5.41) is 3.63. The van der Waals surface area contributed by atoms with Crippen LogP contribution in [0.4, 0.5) is 0 Å². The Labute approximate surface area is 176 Å². The lowest BCUT2D eigenvalue weighted by Gasteiger charge is -2.60. The summed E-state index contributed by atoms with van der Waals surface area (Å²) in [4.78, 5) is 11.8. The molecule has 3 heteroatoms. The van der Waals surface area contributed by atoms with Gasteiger partial charge in [-0.1, -0.05) is 32.1 Å². The Morgan fingerprint density at radius 3 is 2.76 bits per heavy atom. The van der Waals surface area contributed by atoms with Crippen LogP contribution in [0.5, 0.6) is 0 Å². The topological polar surface area (TPSA) is 38.3 Å². The molecule has 1 aliphatic heterocycles. The molecule has 0 aromatic rings. The van der Waals surface area contributed by atoms with Crippen molar-refractivity contribution >= 4 is 5.97 Å². The molecule has 1 N–H and O–H groups in total. The quantitative estimate of drug-likeness (QED) is 0.528. The van der Waals surface area contributed by atoms with Crippen LogP contribution in [0.1, 0.15) is 65.2 Å². The molecule has 9 atom stereocenters. The molecule has 0 bridgehead atoms. The molecule has 3 nitrogen and oxygen atoms in total. The molecule has 5 rings (SSSR count). The Morgan fingerprint density at radius 2 is 2.00 bits per heavy atom. The Hall–Kier alpha value is -1.09. The van der Waals surface area contributed by atoms with Crippen molar-refractivity contribution < 1.29 is 9.53 Å². The summed E-state index contributed by atoms with van der Waals surface area (Å²) >= 11 is 0. The highest BCUT2D eigenvalue weighted by molar-refractivity contribution is 5.71. The zero-order valence-electron chi connectivity index (χ0n) is 18.4. The van der Waals surface area contributed by atoms with Crippen molar-refractivity contribution in [3.05, 3.63) is 24.8 Å². The Kier molecular flexibility index (Phi) is 4.96. The molecule has 4 aliphatic carbocycles. The van der Waals surface area contributed by atoms with E-state index in [1.165, 1.54) is 44.9 Å². The minimum Gasteiger partial charge on any atom is -0.465 e. The van der Waals surface area contributed by atoms with Crippen molar-refractivity contribution in [2.45, 2.75) is 71.3 Å². The molecule has 160 valence electrons. The van der Waals surface area contributed by atoms with Crippen LogP contribution < -0.4 is 5.32 Å². The predicted octanol–water partition coefficient (Wildman–Crippen LogP) is 5.13. The lowest BCUT2D eigenvalue weighted by molar-refractivity contribution is -0.137. The van der Waals surface area contributed by atoms with E-state index in [4.69, 9.17) is 4.74 Å². The second kappa shape index (κ2) is 7.25. The molecule has 2 unspecified atom stereocenters. The summed E-state index contributed by atoms with van der Waals surface area (Å²) in [6.45, 7) is 10.6. The minimum absolute atomic E-state index is 0.0377. The van der Waals surface area contributed by atoms with Gasteiger partial charge in [0.05, 0.1) is 13.0 Å². The van der Waals surface area contributed by atoms with Crippen LogP contribution >= 0.6 is 0 Å². The number of carbonyl (C=O) groups is 1. The largest absolute Gasteiger partial charge is 0.465 e. The van der Waals surface area contributed by atoms with E-state index >= 15 is 0 Å². The highest BCUT2D eigenvalue weighted by atomic mass is 16.5. The zero-order chi connectivity index (χ0) is 20.2. The van der Waals surface area contributed by atoms with E-state index in [0.717, 1.165) is 30.2 Å². The first-order chi connectivity index (χ1) is 14.0. The van der Waals surface area contributed by atoms with E-state index in [1.807, 2.05) is 6.08 Å². The highest BCUT2D eigenvalue weighted by Crippen LogP contribution is 2.67. The Bertz CT molecular complexity index is 701. The highest BCUT2D eigenvalue weighted by Gasteiger charge is 2.60. The first kappa shape index (κ1) is 19.8. The van der Waals surface area contributed by atoms with E-state index in [1.54, 1.807) is 0 Å². The minimum atomic E-state index is 0.0377. The van der Waals surface area contributed by atoms with Gasteiger partial charge < -0.3 is 10.1 Å². The van der Waals surface area contributed by atoms with Crippen LogP contribution in [0.15, 0.2) is 24.8 Å². The van der Waals surface area contributed by atoms with Gasteiger partial charge in [0.1, 0.15) is 0 Å². The van der Waals surface area contributed by atoms with Gasteiger partial charge in [0.2, 0.25) is 0 Å². The van der Waals surface area contributed by atoms with Crippen molar-refractivity contribution in [3.8, 4) is 0 Å². The predicted molar refractivity (Wildman–Crippen MR) is 116 cm³/mol. The monoisotopic (exact) mass is 397 g/mol. The number of nitrogens with one attached hydrogen (secondary N) is 1. The number of cyclic esters (lactones) is 1. The maximum atomic E-state index is 11.8. The normalized spacial score (nSPS) is 51.1. The molecule has 1 saturated heterocycles. The summed E-state index contributed by atoms with van der Waals surface area (Å²) in [6, 6.07) is 0.521. The second-order valence-corrected chi connectivity index (χ2v) is 11.3. The van der Waals surface area contributed by atoms with Gasteiger partial charge in [-0.15, -0.1) is 6.58 Å². The SMILES string of the molecule is C=CCNC1C=C[C@@]2(C)C(CC[C@H]3[C@H]4CC[C@H]([C@@H]5COC(=O)C5)[C@@]4(C)CC[C@@H]32)C1. The van der Waals surface area contributed by atoms with E-state index < -0.39 is 0 Å². The van der Waals surface area contributed by atoms with Crippen LogP contribution in [-0.2, 0) is 9.53 Å². The van der Waals surface area contributed by atoms with E-state index in [2.05, 4.69) is 37.9 Å². The fourth-order valence-corrected chi connectivity index (χ4v) is 8.80. The summed E-state index contributed by atoms with van der Waals surface area (Å²) in [5.41, 5.74) is 0.802. The first-order valence-corrected chi connectivity index (χ1v) is 12.1. The van der Waals surface area contributed by atoms with Gasteiger partial charge in [0, 0.05) is 18.5 Å². The molecule has 3 saturated carbocycles. The Morgan fingerprint density at radius 1 is 1.17 bits per heavy atom. The van der Waals surface area contributed by atoms with Crippen LogP contribution in [-0.4, -0.2) is 25.2 Å². The number of esters is 1. The van der Waals surface area contributed by atoms with Gasteiger partial charge >= 0.3 is 5.97 Å². The molecule has 0 aromatic heterocycles. The van der Waals surface area contributed by atoms with E-state index in [9.17, 15) is 4.79 Å². The first-order valence-electron chi connectivity index (χ1n) is 12.1. The molecule has 4 fully saturated rings. The van der Waals surface area contributed by atoms with Crippen LogP contribution in [0.3, 0.4) is 0 Å². The van der Waals surface area contributed by atoms with E-state index in [0.29, 0.717) is 41.7 Å². The number of fused-ring (bicyclic) bond motifs is 5. The van der Waals surface area contributed by atoms with Crippen molar-refractivity contribution in [2.75, 3.05) is 13.2 Å². The van der Waals surface area contributed by atoms with Gasteiger partial charge in [-0.05, 0) is 85.4 Å². The number of hydrogen-bond acceptors (Lipinski definition) is 3. The van der Waals surface area contributed by atoms with Crippen molar-refractivity contribution in [1.82, 2.24) is 5.32 Å².